The van der Waals surface area contributed by atoms with Gasteiger partial charge in [-0.3, -0.25) is 4.79 Å². The Morgan fingerprint density at radius 2 is 1.84 bits per heavy atom. The summed E-state index contributed by atoms with van der Waals surface area (Å²) in [5.41, 5.74) is 4.42. The van der Waals surface area contributed by atoms with E-state index in [0.29, 0.717) is 16.3 Å². The second-order valence-electron chi connectivity index (χ2n) is 6.85. The molecule has 0 unspecified atom stereocenters. The van der Waals surface area contributed by atoms with Gasteiger partial charge in [-0.25, -0.2) is 5.43 Å². The lowest BCUT2D eigenvalue weighted by Crippen LogP contribution is -2.20. The van der Waals surface area contributed by atoms with Gasteiger partial charge in [0.1, 0.15) is 10.6 Å². The minimum atomic E-state index is -4.08. The number of ether oxygens (including phenoxy) is 1. The van der Waals surface area contributed by atoms with Crippen molar-refractivity contribution in [1.29, 1.82) is 0 Å². The van der Waals surface area contributed by atoms with Crippen molar-refractivity contribution in [2.45, 2.75) is 18.2 Å². The first kappa shape index (κ1) is 23.3. The Hall–Kier alpha value is -3.36. The number of carbonyl (C=O) groups excluding carboxylic acids is 1. The molecule has 0 spiro atoms. The quantitative estimate of drug-likeness (QED) is 0.302. The number of hydrazone groups is 1. The number of halogens is 1. The van der Waals surface area contributed by atoms with Crippen molar-refractivity contribution < 1.29 is 22.1 Å². The monoisotopic (exact) mass is 472 g/mol. The first-order valence-electron chi connectivity index (χ1n) is 9.52. The van der Waals surface area contributed by atoms with Crippen LogP contribution in [0.15, 0.2) is 76.7 Å². The van der Waals surface area contributed by atoms with Gasteiger partial charge in [0.15, 0.2) is 5.75 Å². The van der Waals surface area contributed by atoms with E-state index in [1.54, 1.807) is 55.6 Å². The molecule has 3 aromatic carbocycles. The third-order valence-corrected chi connectivity index (χ3v) is 5.86. The fourth-order valence-electron chi connectivity index (χ4n) is 2.74. The number of amides is 1. The van der Waals surface area contributed by atoms with Gasteiger partial charge in [-0.15, -0.1) is 0 Å². The number of benzene rings is 3. The summed E-state index contributed by atoms with van der Waals surface area (Å²) in [5.74, 6) is 0.290. The molecule has 1 N–H and O–H groups in total. The summed E-state index contributed by atoms with van der Waals surface area (Å²) in [6.45, 7) is 1.85. The zero-order valence-electron chi connectivity index (χ0n) is 17.4. The van der Waals surface area contributed by atoms with Crippen LogP contribution in [0.1, 0.15) is 16.7 Å². The van der Waals surface area contributed by atoms with Crippen molar-refractivity contribution in [2.75, 3.05) is 7.11 Å². The number of hydrogen-bond donors (Lipinski definition) is 1. The molecule has 3 rings (SSSR count). The van der Waals surface area contributed by atoms with Crippen LogP contribution in [0.5, 0.6) is 11.5 Å². The van der Waals surface area contributed by atoms with E-state index >= 15 is 0 Å². The molecule has 0 saturated carbocycles. The Kier molecular flexibility index (Phi) is 7.50. The molecule has 0 aromatic heterocycles. The zero-order chi connectivity index (χ0) is 23.1. The molecule has 7 nitrogen and oxygen atoms in total. The average molecular weight is 473 g/mol. The largest absolute Gasteiger partial charge is 0.497 e. The Bertz CT molecular complexity index is 1240. The SMILES string of the molecule is COc1cccc(CC(=O)N/N=C/c2ccc(Cl)cc2OS(=O)(=O)c2ccc(C)cc2)c1. The molecule has 166 valence electrons. The molecule has 0 saturated heterocycles. The number of nitrogens with one attached hydrogen (secondary N) is 1. The van der Waals surface area contributed by atoms with E-state index in [2.05, 4.69) is 10.5 Å². The maximum absolute atomic E-state index is 12.6. The van der Waals surface area contributed by atoms with Gasteiger partial charge >= 0.3 is 10.1 Å². The summed E-state index contributed by atoms with van der Waals surface area (Å²) in [6.07, 6.45) is 1.39. The van der Waals surface area contributed by atoms with Crippen molar-refractivity contribution in [3.63, 3.8) is 0 Å². The van der Waals surface area contributed by atoms with Crippen LogP contribution >= 0.6 is 11.6 Å². The number of nitrogens with zero attached hydrogens (tertiary/aromatic N) is 1. The Morgan fingerprint density at radius 1 is 1.09 bits per heavy atom. The van der Waals surface area contributed by atoms with Gasteiger partial charge in [-0.05, 0) is 48.9 Å². The van der Waals surface area contributed by atoms with E-state index in [9.17, 15) is 13.2 Å². The number of carbonyl (C=O) groups is 1. The number of aryl methyl sites for hydroxylation is 1. The number of rotatable bonds is 8. The summed E-state index contributed by atoms with van der Waals surface area (Å²) >= 11 is 6.01. The molecule has 32 heavy (non-hydrogen) atoms. The Balaban J connectivity index is 1.72. The lowest BCUT2D eigenvalue weighted by molar-refractivity contribution is -0.120. The van der Waals surface area contributed by atoms with Crippen LogP contribution in [0.4, 0.5) is 0 Å². The van der Waals surface area contributed by atoms with Crippen LogP contribution in [0.2, 0.25) is 5.02 Å². The van der Waals surface area contributed by atoms with Crippen LogP contribution in [0.25, 0.3) is 0 Å². The van der Waals surface area contributed by atoms with E-state index in [1.165, 1.54) is 24.4 Å². The molecule has 0 atom stereocenters. The molecule has 0 heterocycles. The normalized spacial score (nSPS) is 11.3. The second kappa shape index (κ2) is 10.3. The molecule has 0 aliphatic carbocycles. The van der Waals surface area contributed by atoms with Gasteiger partial charge in [-0.2, -0.15) is 13.5 Å². The Labute approximate surface area is 191 Å². The highest BCUT2D eigenvalue weighted by Gasteiger charge is 2.18. The van der Waals surface area contributed by atoms with Crippen molar-refractivity contribution in [1.82, 2.24) is 5.43 Å². The molecule has 0 bridgehead atoms. The van der Waals surface area contributed by atoms with Crippen LogP contribution in [0, 0.1) is 6.92 Å². The lowest BCUT2D eigenvalue weighted by Gasteiger charge is -2.10. The highest BCUT2D eigenvalue weighted by Crippen LogP contribution is 2.26. The first-order valence-corrected chi connectivity index (χ1v) is 11.3. The molecular weight excluding hydrogens is 452 g/mol. The minimum Gasteiger partial charge on any atom is -0.497 e. The fourth-order valence-corrected chi connectivity index (χ4v) is 3.85. The van der Waals surface area contributed by atoms with E-state index < -0.39 is 10.1 Å². The van der Waals surface area contributed by atoms with Crippen molar-refractivity contribution in [3.8, 4) is 11.5 Å². The van der Waals surface area contributed by atoms with E-state index in [4.69, 9.17) is 20.5 Å². The standard InChI is InChI=1S/C23H21ClN2O5S/c1-16-6-10-21(11-7-16)32(28,29)31-22-14-19(24)9-8-18(22)15-25-26-23(27)13-17-4-3-5-20(12-17)30-2/h3-12,14-15H,13H2,1-2H3,(H,26,27)/b25-15+. The molecule has 0 aliphatic heterocycles. The van der Waals surface area contributed by atoms with Gasteiger partial charge in [0, 0.05) is 16.7 Å². The second-order valence-corrected chi connectivity index (χ2v) is 8.84. The highest BCUT2D eigenvalue weighted by atomic mass is 35.5. The maximum Gasteiger partial charge on any atom is 0.339 e. The third-order valence-electron chi connectivity index (χ3n) is 4.38. The van der Waals surface area contributed by atoms with Gasteiger partial charge in [-0.1, -0.05) is 41.4 Å². The Morgan fingerprint density at radius 3 is 2.56 bits per heavy atom. The third kappa shape index (κ3) is 6.32. The predicted molar refractivity (Wildman–Crippen MR) is 123 cm³/mol. The molecule has 3 aromatic rings. The zero-order valence-corrected chi connectivity index (χ0v) is 19.0. The van der Waals surface area contributed by atoms with Gasteiger partial charge in [0.25, 0.3) is 0 Å². The van der Waals surface area contributed by atoms with Crippen molar-refractivity contribution in [3.05, 3.63) is 88.4 Å². The van der Waals surface area contributed by atoms with Crippen LogP contribution in [0.3, 0.4) is 0 Å². The number of hydrogen-bond acceptors (Lipinski definition) is 6. The van der Waals surface area contributed by atoms with E-state index in [-0.39, 0.29) is 23.0 Å². The summed E-state index contributed by atoms with van der Waals surface area (Å²) in [6, 6.07) is 17.9. The topological polar surface area (TPSA) is 94.1 Å². The van der Waals surface area contributed by atoms with Crippen molar-refractivity contribution in [2.24, 2.45) is 5.10 Å². The van der Waals surface area contributed by atoms with Crippen molar-refractivity contribution >= 4 is 33.8 Å². The van der Waals surface area contributed by atoms with E-state index in [1.807, 2.05) is 6.92 Å². The molecule has 0 aliphatic rings. The molecule has 0 fully saturated rings. The molecule has 0 radical (unpaired) electrons. The van der Waals surface area contributed by atoms with Gasteiger partial charge in [0.05, 0.1) is 19.7 Å². The number of methoxy groups -OCH3 is 1. The minimum absolute atomic E-state index is 0.0103. The summed E-state index contributed by atoms with van der Waals surface area (Å²) in [4.78, 5) is 12.2. The fraction of sp³-hybridized carbons (Fsp3) is 0.130. The van der Waals surface area contributed by atoms with Crippen LogP contribution in [-0.4, -0.2) is 27.6 Å². The molecular formula is C23H21ClN2O5S. The summed E-state index contributed by atoms with van der Waals surface area (Å²) in [5, 5.41) is 4.20. The average Bonchev–Trinajstić information content (AvgIpc) is 2.75. The molecule has 1 amide bonds. The maximum atomic E-state index is 12.6. The highest BCUT2D eigenvalue weighted by molar-refractivity contribution is 7.87. The van der Waals surface area contributed by atoms with Crippen LogP contribution < -0.4 is 14.3 Å². The summed E-state index contributed by atoms with van der Waals surface area (Å²) in [7, 11) is -2.53. The molecule has 9 heteroatoms. The smallest absolute Gasteiger partial charge is 0.339 e. The lowest BCUT2D eigenvalue weighted by atomic mass is 10.1. The predicted octanol–water partition coefficient (Wildman–Crippen LogP) is 4.12. The van der Waals surface area contributed by atoms with Gasteiger partial charge < -0.3 is 8.92 Å². The first-order chi connectivity index (χ1) is 15.3. The van der Waals surface area contributed by atoms with Gasteiger partial charge in [0.2, 0.25) is 5.91 Å². The van der Waals surface area contributed by atoms with Crippen LogP contribution in [-0.2, 0) is 21.3 Å². The van der Waals surface area contributed by atoms with E-state index in [0.717, 1.165) is 11.1 Å². The summed E-state index contributed by atoms with van der Waals surface area (Å²) < 4.78 is 35.7.